The van der Waals surface area contributed by atoms with Gasteiger partial charge in [0.25, 0.3) is 0 Å². The van der Waals surface area contributed by atoms with Crippen molar-refractivity contribution < 1.29 is 13.3 Å². The summed E-state index contributed by atoms with van der Waals surface area (Å²) in [6.45, 7) is 16.6. The van der Waals surface area contributed by atoms with E-state index in [0.717, 1.165) is 12.8 Å². The van der Waals surface area contributed by atoms with E-state index >= 15 is 0 Å². The summed E-state index contributed by atoms with van der Waals surface area (Å²) in [6, 6.07) is 0. The highest BCUT2D eigenvalue weighted by molar-refractivity contribution is 6.77. The van der Waals surface area contributed by atoms with E-state index in [1.165, 1.54) is 0 Å². The van der Waals surface area contributed by atoms with Crippen molar-refractivity contribution in [3.63, 3.8) is 0 Å². The van der Waals surface area contributed by atoms with E-state index < -0.39 is 22.4 Å². The molecule has 0 unspecified atom stereocenters. The SMILES string of the molecule is C=C[Si](C)(C)OC(CCCCl)(CO[SiH3])O[Si](C)(C)C=C. The minimum atomic E-state index is -1.99. The fraction of sp³-hybridized carbons (Fsp3) is 0.692. The van der Waals surface area contributed by atoms with Crippen LogP contribution in [0.1, 0.15) is 12.8 Å². The standard InChI is InChI=1S/C13H29ClO3Si3/c1-7-19(3,4)16-13(12-15-18,10-9-11-14)17-20(5,6)8-2/h7-8H,1-2,9-12H2,3-6,18H3. The fourth-order valence-corrected chi connectivity index (χ4v) is 5.00. The fourth-order valence-electron chi connectivity index (χ4n) is 1.85. The second-order valence-corrected chi connectivity index (χ2v) is 14.5. The van der Waals surface area contributed by atoms with E-state index in [-0.39, 0.29) is 0 Å². The Balaban J connectivity index is 5.32. The van der Waals surface area contributed by atoms with Gasteiger partial charge >= 0.3 is 0 Å². The number of rotatable bonds is 11. The predicted molar refractivity (Wildman–Crippen MR) is 96.1 cm³/mol. The van der Waals surface area contributed by atoms with Gasteiger partial charge in [0.15, 0.2) is 5.79 Å². The molecule has 20 heavy (non-hydrogen) atoms. The maximum absolute atomic E-state index is 6.38. The van der Waals surface area contributed by atoms with Gasteiger partial charge in [0.05, 0.1) is 6.61 Å². The summed E-state index contributed by atoms with van der Waals surface area (Å²) in [5.74, 6) is -0.133. The molecule has 0 heterocycles. The molecule has 7 heteroatoms. The second kappa shape index (κ2) is 8.67. The van der Waals surface area contributed by atoms with Gasteiger partial charge in [0, 0.05) is 12.3 Å². The Morgan fingerprint density at radius 2 is 1.55 bits per heavy atom. The Labute approximate surface area is 134 Å². The second-order valence-electron chi connectivity index (χ2n) is 5.96. The lowest BCUT2D eigenvalue weighted by Crippen LogP contribution is -2.53. The van der Waals surface area contributed by atoms with Gasteiger partial charge in [-0.15, -0.1) is 24.8 Å². The predicted octanol–water partition coefficient (Wildman–Crippen LogP) is 2.89. The molecule has 0 spiro atoms. The van der Waals surface area contributed by atoms with Crippen LogP contribution in [0.15, 0.2) is 24.6 Å². The first-order valence-corrected chi connectivity index (χ1v) is 14.2. The lowest BCUT2D eigenvalue weighted by molar-refractivity contribution is -0.153. The highest BCUT2D eigenvalue weighted by atomic mass is 35.5. The minimum Gasteiger partial charge on any atom is -0.423 e. The van der Waals surface area contributed by atoms with E-state index in [1.807, 2.05) is 11.4 Å². The lowest BCUT2D eigenvalue weighted by atomic mass is 10.2. The monoisotopic (exact) mass is 352 g/mol. The van der Waals surface area contributed by atoms with Crippen molar-refractivity contribution in [2.75, 3.05) is 12.5 Å². The van der Waals surface area contributed by atoms with E-state index in [9.17, 15) is 0 Å². The Morgan fingerprint density at radius 1 is 1.10 bits per heavy atom. The van der Waals surface area contributed by atoms with Crippen LogP contribution in [-0.2, 0) is 13.3 Å². The zero-order valence-electron chi connectivity index (χ0n) is 13.5. The summed E-state index contributed by atoms with van der Waals surface area (Å²) in [4.78, 5) is 0. The van der Waals surface area contributed by atoms with E-state index in [0.29, 0.717) is 23.0 Å². The van der Waals surface area contributed by atoms with Crippen molar-refractivity contribution >= 4 is 38.7 Å². The van der Waals surface area contributed by atoms with Gasteiger partial charge in [0.2, 0.25) is 16.6 Å². The lowest BCUT2D eigenvalue weighted by Gasteiger charge is -2.43. The number of halogens is 1. The van der Waals surface area contributed by atoms with Gasteiger partial charge < -0.3 is 13.3 Å². The smallest absolute Gasteiger partial charge is 0.214 e. The summed E-state index contributed by atoms with van der Waals surface area (Å²) >= 11 is 5.86. The van der Waals surface area contributed by atoms with Crippen LogP contribution >= 0.6 is 11.6 Å². The largest absolute Gasteiger partial charge is 0.423 e. The third kappa shape index (κ3) is 7.35. The molecule has 0 aromatic heterocycles. The van der Waals surface area contributed by atoms with E-state index in [4.69, 9.17) is 24.9 Å². The quantitative estimate of drug-likeness (QED) is 0.325. The van der Waals surface area contributed by atoms with Gasteiger partial charge in [-0.05, 0) is 32.6 Å². The maximum atomic E-state index is 6.38. The van der Waals surface area contributed by atoms with Crippen LogP contribution in [0.3, 0.4) is 0 Å². The highest BCUT2D eigenvalue weighted by Crippen LogP contribution is 2.30. The molecule has 0 rings (SSSR count). The zero-order valence-corrected chi connectivity index (χ0v) is 18.3. The molecule has 118 valence electrons. The first-order valence-electron chi connectivity index (χ1n) is 6.88. The summed E-state index contributed by atoms with van der Waals surface area (Å²) < 4.78 is 18.3. The molecule has 0 aliphatic carbocycles. The molecule has 0 saturated carbocycles. The van der Waals surface area contributed by atoms with Crippen molar-refractivity contribution in [3.05, 3.63) is 24.6 Å². The van der Waals surface area contributed by atoms with Crippen LogP contribution in [0.5, 0.6) is 0 Å². The first-order chi connectivity index (χ1) is 9.16. The molecule has 0 bridgehead atoms. The highest BCUT2D eigenvalue weighted by Gasteiger charge is 2.41. The third-order valence-electron chi connectivity index (χ3n) is 2.94. The number of hydrogen-bond donors (Lipinski definition) is 0. The van der Waals surface area contributed by atoms with Gasteiger partial charge in [-0.1, -0.05) is 11.4 Å². The normalized spacial score (nSPS) is 13.4. The summed E-state index contributed by atoms with van der Waals surface area (Å²) in [5.41, 5.74) is 3.84. The average molecular weight is 353 g/mol. The van der Waals surface area contributed by atoms with Crippen LogP contribution in [0.25, 0.3) is 0 Å². The Kier molecular flexibility index (Phi) is 8.80. The Morgan fingerprint density at radius 3 is 1.85 bits per heavy atom. The van der Waals surface area contributed by atoms with Gasteiger partial charge in [0.1, 0.15) is 10.5 Å². The molecule has 0 fully saturated rings. The van der Waals surface area contributed by atoms with Gasteiger partial charge in [-0.3, -0.25) is 0 Å². The van der Waals surface area contributed by atoms with Crippen LogP contribution in [0.2, 0.25) is 26.2 Å². The summed E-state index contributed by atoms with van der Waals surface area (Å²) in [5, 5.41) is 0. The maximum Gasteiger partial charge on any atom is 0.214 e. The molecule has 0 aliphatic heterocycles. The Bertz CT molecular complexity index is 300. The van der Waals surface area contributed by atoms with Crippen molar-refractivity contribution in [2.45, 2.75) is 44.8 Å². The van der Waals surface area contributed by atoms with Crippen LogP contribution in [-0.4, -0.2) is 45.4 Å². The van der Waals surface area contributed by atoms with Crippen LogP contribution < -0.4 is 0 Å². The first kappa shape index (κ1) is 20.3. The zero-order chi connectivity index (χ0) is 15.9. The Hall–Kier alpha value is 0.301. The molecule has 0 aliphatic rings. The molecule has 0 atom stereocenters. The number of alkyl halides is 1. The van der Waals surface area contributed by atoms with E-state index in [1.54, 1.807) is 0 Å². The number of hydrogen-bond acceptors (Lipinski definition) is 3. The summed E-state index contributed by atoms with van der Waals surface area (Å²) in [6.07, 6.45) is 1.56. The third-order valence-corrected chi connectivity index (χ3v) is 7.26. The molecule has 0 N–H and O–H groups in total. The van der Waals surface area contributed by atoms with Crippen molar-refractivity contribution in [1.29, 1.82) is 0 Å². The van der Waals surface area contributed by atoms with Crippen molar-refractivity contribution in [3.8, 4) is 0 Å². The molecule has 0 amide bonds. The van der Waals surface area contributed by atoms with Crippen molar-refractivity contribution in [2.24, 2.45) is 0 Å². The molecule has 0 aromatic carbocycles. The van der Waals surface area contributed by atoms with Gasteiger partial charge in [-0.2, -0.15) is 0 Å². The molecule has 0 saturated heterocycles. The van der Waals surface area contributed by atoms with Gasteiger partial charge in [-0.25, -0.2) is 0 Å². The van der Waals surface area contributed by atoms with Crippen molar-refractivity contribution in [1.82, 2.24) is 0 Å². The van der Waals surface area contributed by atoms with E-state index in [2.05, 4.69) is 39.3 Å². The van der Waals surface area contributed by atoms with Crippen LogP contribution in [0.4, 0.5) is 0 Å². The minimum absolute atomic E-state index is 0.449. The van der Waals surface area contributed by atoms with Crippen LogP contribution in [0, 0.1) is 0 Å². The topological polar surface area (TPSA) is 27.7 Å². The molecule has 3 nitrogen and oxygen atoms in total. The molecule has 0 aromatic rings. The summed E-state index contributed by atoms with van der Waals surface area (Å²) in [7, 11) is -3.34. The molecular formula is C13H29ClO3Si3. The molecular weight excluding hydrogens is 324 g/mol. The average Bonchev–Trinajstić information content (AvgIpc) is 2.36. The molecule has 0 radical (unpaired) electrons.